The molecule has 0 unspecified atom stereocenters. The molecule has 0 radical (unpaired) electrons. The summed E-state index contributed by atoms with van der Waals surface area (Å²) in [6.07, 6.45) is 8.27. The number of benzene rings is 2. The molecule has 1 N–H and O–H groups in total. The standard InChI is InChI=1S/C26H32N2O3S/c1-17-10-22(26-14-18-11-19(15-26)13-20(12-18)16-26)6-9-24(17)27-25(29)21-4-7-23(8-5-21)32(30,31)28(2)3/h4-10,18-20H,11-16H2,1-3H3,(H,27,29). The van der Waals surface area contributed by atoms with Crippen LogP contribution in [0.1, 0.15) is 60.0 Å². The van der Waals surface area contributed by atoms with E-state index in [1.54, 1.807) is 12.1 Å². The quantitative estimate of drug-likeness (QED) is 0.697. The first kappa shape index (κ1) is 21.7. The number of nitrogens with zero attached hydrogens (tertiary/aromatic N) is 1. The highest BCUT2D eigenvalue weighted by molar-refractivity contribution is 7.89. The molecule has 4 saturated carbocycles. The maximum absolute atomic E-state index is 12.8. The van der Waals surface area contributed by atoms with Crippen LogP contribution in [-0.4, -0.2) is 32.7 Å². The predicted molar refractivity (Wildman–Crippen MR) is 126 cm³/mol. The van der Waals surface area contributed by atoms with Crippen molar-refractivity contribution in [1.29, 1.82) is 0 Å². The Morgan fingerprint density at radius 3 is 2.00 bits per heavy atom. The van der Waals surface area contributed by atoms with Crippen LogP contribution >= 0.6 is 0 Å². The first-order valence-electron chi connectivity index (χ1n) is 11.6. The third-order valence-electron chi connectivity index (χ3n) is 8.02. The van der Waals surface area contributed by atoms with E-state index < -0.39 is 10.0 Å². The summed E-state index contributed by atoms with van der Waals surface area (Å²) in [6, 6.07) is 12.6. The number of hydrogen-bond acceptors (Lipinski definition) is 3. The predicted octanol–water partition coefficient (Wildman–Crippen LogP) is 4.97. The van der Waals surface area contributed by atoms with E-state index in [9.17, 15) is 13.2 Å². The first-order chi connectivity index (χ1) is 15.2. The number of carbonyl (C=O) groups excluding carboxylic acids is 1. The topological polar surface area (TPSA) is 66.5 Å². The molecule has 6 rings (SSSR count). The van der Waals surface area contributed by atoms with Crippen molar-refractivity contribution in [2.24, 2.45) is 17.8 Å². The summed E-state index contributed by atoms with van der Waals surface area (Å²) in [5.41, 5.74) is 4.12. The third kappa shape index (κ3) is 3.67. The Morgan fingerprint density at radius 1 is 0.938 bits per heavy atom. The Balaban J connectivity index is 1.33. The second-order valence-electron chi connectivity index (χ2n) is 10.5. The van der Waals surface area contributed by atoms with Gasteiger partial charge in [-0.3, -0.25) is 4.79 Å². The third-order valence-corrected chi connectivity index (χ3v) is 9.85. The largest absolute Gasteiger partial charge is 0.322 e. The van der Waals surface area contributed by atoms with E-state index in [2.05, 4.69) is 24.4 Å². The normalized spacial score (nSPS) is 28.8. The van der Waals surface area contributed by atoms with Crippen LogP contribution < -0.4 is 5.32 Å². The fraction of sp³-hybridized carbons (Fsp3) is 0.500. The lowest BCUT2D eigenvalue weighted by Crippen LogP contribution is -2.48. The van der Waals surface area contributed by atoms with Gasteiger partial charge in [0.1, 0.15) is 0 Å². The van der Waals surface area contributed by atoms with Crippen LogP contribution in [0.15, 0.2) is 47.4 Å². The summed E-state index contributed by atoms with van der Waals surface area (Å²) in [7, 11) is -0.524. The molecule has 2 aromatic carbocycles. The minimum absolute atomic E-state index is 0.176. The number of anilines is 1. The first-order valence-corrected chi connectivity index (χ1v) is 13.1. The molecule has 0 saturated heterocycles. The number of aryl methyl sites for hydroxylation is 1. The van der Waals surface area contributed by atoms with Gasteiger partial charge in [0.2, 0.25) is 10.0 Å². The summed E-state index contributed by atoms with van der Waals surface area (Å²) in [5.74, 6) is 2.48. The average molecular weight is 453 g/mol. The summed E-state index contributed by atoms with van der Waals surface area (Å²) >= 11 is 0. The molecule has 2 aromatic rings. The van der Waals surface area contributed by atoms with E-state index in [0.29, 0.717) is 11.0 Å². The molecule has 0 aliphatic heterocycles. The van der Waals surface area contributed by atoms with E-state index in [1.165, 1.54) is 70.3 Å². The fourth-order valence-electron chi connectivity index (χ4n) is 6.78. The lowest BCUT2D eigenvalue weighted by atomic mass is 9.48. The van der Waals surface area contributed by atoms with Gasteiger partial charge in [0.15, 0.2) is 0 Å². The molecule has 170 valence electrons. The molecule has 32 heavy (non-hydrogen) atoms. The molecule has 4 aliphatic rings. The Labute approximate surface area is 191 Å². The number of rotatable bonds is 5. The molecule has 0 heterocycles. The molecular weight excluding hydrogens is 420 g/mol. The Kier molecular flexibility index (Phi) is 5.21. The van der Waals surface area contributed by atoms with Gasteiger partial charge in [-0.2, -0.15) is 0 Å². The monoisotopic (exact) mass is 452 g/mol. The van der Waals surface area contributed by atoms with Gasteiger partial charge < -0.3 is 5.32 Å². The van der Waals surface area contributed by atoms with Crippen LogP contribution in [0.5, 0.6) is 0 Å². The highest BCUT2D eigenvalue weighted by Crippen LogP contribution is 2.60. The molecule has 0 atom stereocenters. The van der Waals surface area contributed by atoms with Crippen LogP contribution in [-0.2, 0) is 15.4 Å². The van der Waals surface area contributed by atoms with Crippen molar-refractivity contribution in [3.63, 3.8) is 0 Å². The van der Waals surface area contributed by atoms with Crippen LogP contribution in [0, 0.1) is 24.7 Å². The number of hydrogen-bond donors (Lipinski definition) is 1. The van der Waals surface area contributed by atoms with E-state index in [0.717, 1.165) is 33.3 Å². The molecule has 6 heteroatoms. The summed E-state index contributed by atoms with van der Waals surface area (Å²) in [6.45, 7) is 2.06. The summed E-state index contributed by atoms with van der Waals surface area (Å²) in [5, 5.41) is 3.01. The lowest BCUT2D eigenvalue weighted by molar-refractivity contribution is -0.00520. The maximum atomic E-state index is 12.8. The fourth-order valence-corrected chi connectivity index (χ4v) is 7.68. The van der Waals surface area contributed by atoms with Crippen LogP contribution in [0.3, 0.4) is 0 Å². The van der Waals surface area contributed by atoms with Crippen molar-refractivity contribution in [3.8, 4) is 0 Å². The van der Waals surface area contributed by atoms with Crippen LogP contribution in [0.2, 0.25) is 0 Å². The van der Waals surface area contributed by atoms with Crippen LogP contribution in [0.25, 0.3) is 0 Å². The van der Waals surface area contributed by atoms with E-state index in [4.69, 9.17) is 0 Å². The van der Waals surface area contributed by atoms with Gasteiger partial charge in [-0.1, -0.05) is 12.1 Å². The van der Waals surface area contributed by atoms with Gasteiger partial charge in [-0.25, -0.2) is 12.7 Å². The van der Waals surface area contributed by atoms with Gasteiger partial charge in [0.25, 0.3) is 5.91 Å². The molecule has 5 nitrogen and oxygen atoms in total. The van der Waals surface area contributed by atoms with Crippen molar-refractivity contribution in [2.75, 3.05) is 19.4 Å². The number of nitrogens with one attached hydrogen (secondary N) is 1. The zero-order valence-electron chi connectivity index (χ0n) is 19.1. The van der Waals surface area contributed by atoms with Crippen molar-refractivity contribution >= 4 is 21.6 Å². The van der Waals surface area contributed by atoms with Crippen molar-refractivity contribution < 1.29 is 13.2 Å². The highest BCUT2D eigenvalue weighted by atomic mass is 32.2. The lowest BCUT2D eigenvalue weighted by Gasteiger charge is -2.57. The summed E-state index contributed by atoms with van der Waals surface area (Å²) in [4.78, 5) is 13.0. The molecule has 1 amide bonds. The Morgan fingerprint density at radius 2 is 1.50 bits per heavy atom. The molecule has 0 spiro atoms. The van der Waals surface area contributed by atoms with Gasteiger partial charge in [0.05, 0.1) is 4.90 Å². The Hall–Kier alpha value is -2.18. The number of sulfonamides is 1. The minimum Gasteiger partial charge on any atom is -0.322 e. The second kappa shape index (κ2) is 7.70. The van der Waals surface area contributed by atoms with Gasteiger partial charge >= 0.3 is 0 Å². The molecule has 4 bridgehead atoms. The van der Waals surface area contributed by atoms with Gasteiger partial charge in [-0.05, 0) is 110 Å². The molecular formula is C26H32N2O3S. The van der Waals surface area contributed by atoms with Crippen molar-refractivity contribution in [1.82, 2.24) is 4.31 Å². The zero-order chi connectivity index (χ0) is 22.7. The molecule has 0 aromatic heterocycles. The maximum Gasteiger partial charge on any atom is 0.255 e. The highest BCUT2D eigenvalue weighted by Gasteiger charge is 2.51. The van der Waals surface area contributed by atoms with Crippen molar-refractivity contribution in [3.05, 3.63) is 59.2 Å². The van der Waals surface area contributed by atoms with Crippen LogP contribution in [0.4, 0.5) is 5.69 Å². The molecule has 4 fully saturated rings. The average Bonchev–Trinajstić information content (AvgIpc) is 2.74. The summed E-state index contributed by atoms with van der Waals surface area (Å²) < 4.78 is 25.6. The van der Waals surface area contributed by atoms with E-state index in [-0.39, 0.29) is 10.8 Å². The Bertz CT molecular complexity index is 1120. The number of amides is 1. The smallest absolute Gasteiger partial charge is 0.255 e. The SMILES string of the molecule is Cc1cc(C23CC4CC(CC(C4)C2)C3)ccc1NC(=O)c1ccc(S(=O)(=O)N(C)C)cc1. The van der Waals surface area contributed by atoms with Gasteiger partial charge in [0, 0.05) is 25.3 Å². The minimum atomic E-state index is -3.51. The van der Waals surface area contributed by atoms with E-state index >= 15 is 0 Å². The van der Waals surface area contributed by atoms with E-state index in [1.807, 2.05) is 6.07 Å². The zero-order valence-corrected chi connectivity index (χ0v) is 19.9. The van der Waals surface area contributed by atoms with Crippen molar-refractivity contribution in [2.45, 2.75) is 55.8 Å². The second-order valence-corrected chi connectivity index (χ2v) is 12.6. The van der Waals surface area contributed by atoms with Gasteiger partial charge in [-0.15, -0.1) is 0 Å². The molecule has 4 aliphatic carbocycles. The number of carbonyl (C=O) groups is 1.